The van der Waals surface area contributed by atoms with Gasteiger partial charge in [-0.1, -0.05) is 6.92 Å². The molecule has 16 heavy (non-hydrogen) atoms. The number of sulfonamides is 1. The average molecular weight is 266 g/mol. The summed E-state index contributed by atoms with van der Waals surface area (Å²) in [4.78, 5) is 0. The Hall–Kier alpha value is 0.220. The molecular formula is C10H22N2O2S2. The van der Waals surface area contributed by atoms with Gasteiger partial charge < -0.3 is 5.32 Å². The molecule has 1 aliphatic heterocycles. The molecule has 1 N–H and O–H groups in total. The summed E-state index contributed by atoms with van der Waals surface area (Å²) in [6.07, 6.45) is 1.68. The van der Waals surface area contributed by atoms with Gasteiger partial charge in [-0.3, -0.25) is 0 Å². The molecular weight excluding hydrogens is 244 g/mol. The van der Waals surface area contributed by atoms with Gasteiger partial charge in [0.25, 0.3) is 0 Å². The van der Waals surface area contributed by atoms with Crippen molar-refractivity contribution in [3.8, 4) is 0 Å². The maximum Gasteiger partial charge on any atom is 0.214 e. The first-order chi connectivity index (χ1) is 7.56. The molecule has 0 saturated carbocycles. The van der Waals surface area contributed by atoms with Gasteiger partial charge in [0.2, 0.25) is 10.0 Å². The number of hydrogen-bond acceptors (Lipinski definition) is 4. The zero-order valence-corrected chi connectivity index (χ0v) is 11.7. The first-order valence-electron chi connectivity index (χ1n) is 5.80. The van der Waals surface area contributed by atoms with Gasteiger partial charge in [0.1, 0.15) is 0 Å². The molecule has 1 fully saturated rings. The molecule has 1 unspecified atom stereocenters. The first kappa shape index (κ1) is 14.3. The zero-order chi connectivity index (χ0) is 12.0. The van der Waals surface area contributed by atoms with Crippen molar-refractivity contribution in [2.45, 2.75) is 25.0 Å². The summed E-state index contributed by atoms with van der Waals surface area (Å²) in [6.45, 7) is 4.34. The Morgan fingerprint density at radius 1 is 1.44 bits per heavy atom. The van der Waals surface area contributed by atoms with Crippen molar-refractivity contribution in [3.63, 3.8) is 0 Å². The van der Waals surface area contributed by atoms with Crippen LogP contribution in [0.15, 0.2) is 0 Å². The highest BCUT2D eigenvalue weighted by atomic mass is 32.2. The number of nitrogens with zero attached hydrogens (tertiary/aromatic N) is 1. The molecule has 1 rings (SSSR count). The van der Waals surface area contributed by atoms with E-state index in [1.54, 1.807) is 4.31 Å². The van der Waals surface area contributed by atoms with Gasteiger partial charge in [0.15, 0.2) is 0 Å². The van der Waals surface area contributed by atoms with E-state index >= 15 is 0 Å². The fourth-order valence-electron chi connectivity index (χ4n) is 1.75. The maximum absolute atomic E-state index is 12.0. The quantitative estimate of drug-likeness (QED) is 0.721. The Bertz CT molecular complexity index is 293. The van der Waals surface area contributed by atoms with Crippen molar-refractivity contribution >= 4 is 21.8 Å². The second kappa shape index (κ2) is 6.83. The van der Waals surface area contributed by atoms with Gasteiger partial charge in [-0.15, -0.1) is 0 Å². The lowest BCUT2D eigenvalue weighted by Gasteiger charge is -2.29. The molecule has 1 atom stereocenters. The Kier molecular flexibility index (Phi) is 6.10. The minimum atomic E-state index is -3.00. The van der Waals surface area contributed by atoms with Crippen LogP contribution in [0.3, 0.4) is 0 Å². The van der Waals surface area contributed by atoms with E-state index in [9.17, 15) is 8.42 Å². The molecule has 1 heterocycles. The van der Waals surface area contributed by atoms with E-state index in [-0.39, 0.29) is 0 Å². The summed E-state index contributed by atoms with van der Waals surface area (Å²) in [5.74, 6) is 1.23. The SMILES string of the molecule is CNCCCCS(=O)(=O)N1CCSC(C)C1. The third-order valence-electron chi connectivity index (χ3n) is 2.68. The van der Waals surface area contributed by atoms with E-state index in [0.717, 1.165) is 25.1 Å². The number of rotatable bonds is 6. The van der Waals surface area contributed by atoms with Crippen LogP contribution in [-0.4, -0.2) is 56.2 Å². The Balaban J connectivity index is 2.37. The second-order valence-electron chi connectivity index (χ2n) is 4.17. The molecule has 0 aliphatic carbocycles. The van der Waals surface area contributed by atoms with E-state index < -0.39 is 10.0 Å². The molecule has 96 valence electrons. The largest absolute Gasteiger partial charge is 0.320 e. The van der Waals surface area contributed by atoms with Crippen LogP contribution in [0.5, 0.6) is 0 Å². The van der Waals surface area contributed by atoms with Crippen LogP contribution < -0.4 is 5.32 Å². The number of nitrogens with one attached hydrogen (secondary N) is 1. The van der Waals surface area contributed by atoms with Crippen molar-refractivity contribution in [1.82, 2.24) is 9.62 Å². The highest BCUT2D eigenvalue weighted by Crippen LogP contribution is 2.20. The van der Waals surface area contributed by atoms with E-state index in [0.29, 0.717) is 24.1 Å². The lowest BCUT2D eigenvalue weighted by atomic mass is 10.3. The maximum atomic E-state index is 12.0. The summed E-state index contributed by atoms with van der Waals surface area (Å²) in [5, 5.41) is 3.46. The summed E-state index contributed by atoms with van der Waals surface area (Å²) in [6, 6.07) is 0. The van der Waals surface area contributed by atoms with Crippen LogP contribution in [0.1, 0.15) is 19.8 Å². The predicted octanol–water partition coefficient (Wildman–Crippen LogP) is 0.753. The highest BCUT2D eigenvalue weighted by Gasteiger charge is 2.26. The topological polar surface area (TPSA) is 49.4 Å². The highest BCUT2D eigenvalue weighted by molar-refractivity contribution is 8.00. The van der Waals surface area contributed by atoms with Crippen LogP contribution in [-0.2, 0) is 10.0 Å². The van der Waals surface area contributed by atoms with Crippen LogP contribution in [0.2, 0.25) is 0 Å². The molecule has 0 spiro atoms. The first-order valence-corrected chi connectivity index (χ1v) is 8.46. The number of thioether (sulfide) groups is 1. The number of hydrogen-bond donors (Lipinski definition) is 1. The van der Waals surface area contributed by atoms with Crippen molar-refractivity contribution in [1.29, 1.82) is 0 Å². The summed E-state index contributed by atoms with van der Waals surface area (Å²) >= 11 is 1.85. The molecule has 0 amide bonds. The monoisotopic (exact) mass is 266 g/mol. The van der Waals surface area contributed by atoms with E-state index in [4.69, 9.17) is 0 Å². The van der Waals surface area contributed by atoms with Crippen LogP contribution >= 0.6 is 11.8 Å². The molecule has 6 heteroatoms. The number of unbranched alkanes of at least 4 members (excludes halogenated alkanes) is 1. The summed E-state index contributed by atoms with van der Waals surface area (Å²) in [5.41, 5.74) is 0. The van der Waals surface area contributed by atoms with Gasteiger partial charge in [-0.25, -0.2) is 12.7 Å². The van der Waals surface area contributed by atoms with Crippen molar-refractivity contribution in [2.75, 3.05) is 38.2 Å². The molecule has 0 aromatic carbocycles. The molecule has 1 aliphatic rings. The fourth-order valence-corrected chi connectivity index (χ4v) is 4.63. The predicted molar refractivity (Wildman–Crippen MR) is 70.4 cm³/mol. The summed E-state index contributed by atoms with van der Waals surface area (Å²) in [7, 11) is -1.12. The zero-order valence-electron chi connectivity index (χ0n) is 10.1. The summed E-state index contributed by atoms with van der Waals surface area (Å²) < 4.78 is 25.6. The van der Waals surface area contributed by atoms with E-state index in [2.05, 4.69) is 12.2 Å². The van der Waals surface area contributed by atoms with Crippen LogP contribution in [0, 0.1) is 0 Å². The normalized spacial score (nSPS) is 23.5. The standard InChI is InChI=1S/C10H22N2O2S2/c1-10-9-12(6-7-15-10)16(13,14)8-4-3-5-11-2/h10-11H,3-9H2,1-2H3. The van der Waals surface area contributed by atoms with Crippen LogP contribution in [0.4, 0.5) is 0 Å². The smallest absolute Gasteiger partial charge is 0.214 e. The molecule has 0 aromatic heterocycles. The molecule has 1 saturated heterocycles. The van der Waals surface area contributed by atoms with E-state index in [1.165, 1.54) is 0 Å². The van der Waals surface area contributed by atoms with Crippen molar-refractivity contribution in [3.05, 3.63) is 0 Å². The second-order valence-corrected chi connectivity index (χ2v) is 7.80. The third-order valence-corrected chi connectivity index (χ3v) is 5.74. The molecule has 0 aromatic rings. The van der Waals surface area contributed by atoms with E-state index in [1.807, 2.05) is 18.8 Å². The van der Waals surface area contributed by atoms with Crippen molar-refractivity contribution < 1.29 is 8.42 Å². The van der Waals surface area contributed by atoms with Gasteiger partial charge in [-0.05, 0) is 26.4 Å². The Morgan fingerprint density at radius 2 is 2.19 bits per heavy atom. The lowest BCUT2D eigenvalue weighted by molar-refractivity contribution is 0.423. The average Bonchev–Trinajstić information content (AvgIpc) is 2.24. The Morgan fingerprint density at radius 3 is 2.81 bits per heavy atom. The Labute approximate surface area is 103 Å². The van der Waals surface area contributed by atoms with Gasteiger partial charge in [0, 0.05) is 24.1 Å². The van der Waals surface area contributed by atoms with Gasteiger partial charge in [0.05, 0.1) is 5.75 Å². The van der Waals surface area contributed by atoms with Gasteiger partial charge >= 0.3 is 0 Å². The molecule has 0 bridgehead atoms. The van der Waals surface area contributed by atoms with Gasteiger partial charge in [-0.2, -0.15) is 11.8 Å². The van der Waals surface area contributed by atoms with Crippen molar-refractivity contribution in [2.24, 2.45) is 0 Å². The minimum Gasteiger partial charge on any atom is -0.320 e. The fraction of sp³-hybridized carbons (Fsp3) is 1.00. The third kappa shape index (κ3) is 4.61. The lowest BCUT2D eigenvalue weighted by Crippen LogP contribution is -2.42. The molecule has 4 nitrogen and oxygen atoms in total. The van der Waals surface area contributed by atoms with Crippen LogP contribution in [0.25, 0.3) is 0 Å². The minimum absolute atomic E-state index is 0.298. The molecule has 0 radical (unpaired) electrons.